The lowest BCUT2D eigenvalue weighted by Gasteiger charge is -2.35. The minimum atomic E-state index is -0.865. The average Bonchev–Trinajstić information content (AvgIpc) is 2.30. The van der Waals surface area contributed by atoms with Crippen LogP contribution in [0.4, 0.5) is 20.2 Å². The third-order valence-electron chi connectivity index (χ3n) is 3.30. The van der Waals surface area contributed by atoms with Crippen molar-refractivity contribution in [3.8, 4) is 0 Å². The number of rotatable bonds is 2. The highest BCUT2D eigenvalue weighted by atomic mass is 19.1. The summed E-state index contributed by atoms with van der Waals surface area (Å²) in [6.07, 6.45) is 2.78. The van der Waals surface area contributed by atoms with E-state index in [1.165, 1.54) is 0 Å². The van der Waals surface area contributed by atoms with Crippen molar-refractivity contribution < 1.29 is 13.7 Å². The van der Waals surface area contributed by atoms with E-state index in [4.69, 9.17) is 0 Å². The fourth-order valence-corrected chi connectivity index (χ4v) is 2.36. The molecule has 1 aliphatic heterocycles. The zero-order valence-electron chi connectivity index (χ0n) is 10.0. The van der Waals surface area contributed by atoms with Gasteiger partial charge in [0.2, 0.25) is 0 Å². The third-order valence-corrected chi connectivity index (χ3v) is 3.30. The Balaban J connectivity index is 2.41. The second-order valence-electron chi connectivity index (χ2n) is 4.55. The van der Waals surface area contributed by atoms with Crippen molar-refractivity contribution in [2.45, 2.75) is 32.2 Å². The molecule has 18 heavy (non-hydrogen) atoms. The van der Waals surface area contributed by atoms with Crippen molar-refractivity contribution in [1.29, 1.82) is 0 Å². The van der Waals surface area contributed by atoms with Crippen LogP contribution in [-0.4, -0.2) is 17.5 Å². The number of nitro benzene ring substituents is 1. The topological polar surface area (TPSA) is 46.4 Å². The number of hydrogen-bond acceptors (Lipinski definition) is 3. The lowest BCUT2D eigenvalue weighted by Crippen LogP contribution is -2.38. The normalized spacial score (nSPS) is 19.9. The number of piperidine rings is 1. The van der Waals surface area contributed by atoms with Crippen LogP contribution in [0.2, 0.25) is 0 Å². The first kappa shape index (κ1) is 12.7. The molecule has 1 fully saturated rings. The van der Waals surface area contributed by atoms with E-state index in [1.54, 1.807) is 4.90 Å². The molecule has 6 heteroatoms. The smallest absolute Gasteiger partial charge is 0.275 e. The van der Waals surface area contributed by atoms with Gasteiger partial charge in [0.05, 0.1) is 17.1 Å². The maximum atomic E-state index is 13.8. The van der Waals surface area contributed by atoms with E-state index in [0.717, 1.165) is 31.4 Å². The summed E-state index contributed by atoms with van der Waals surface area (Å²) in [7, 11) is 0. The van der Waals surface area contributed by atoms with Gasteiger partial charge in [-0.1, -0.05) is 0 Å². The first-order valence-corrected chi connectivity index (χ1v) is 5.91. The molecule has 0 amide bonds. The second-order valence-corrected chi connectivity index (χ2v) is 4.55. The summed E-state index contributed by atoms with van der Waals surface area (Å²) < 4.78 is 27.7. The van der Waals surface area contributed by atoms with Crippen molar-refractivity contribution in [2.24, 2.45) is 0 Å². The molecule has 2 rings (SSSR count). The van der Waals surface area contributed by atoms with Crippen LogP contribution in [-0.2, 0) is 0 Å². The van der Waals surface area contributed by atoms with E-state index in [9.17, 15) is 18.9 Å². The summed E-state index contributed by atoms with van der Waals surface area (Å²) in [5.74, 6) is -1.73. The number of hydrogen-bond donors (Lipinski definition) is 0. The van der Waals surface area contributed by atoms with E-state index in [2.05, 4.69) is 0 Å². The predicted molar refractivity (Wildman–Crippen MR) is 63.7 cm³/mol. The van der Waals surface area contributed by atoms with Crippen LogP contribution in [0.15, 0.2) is 12.1 Å². The second kappa shape index (κ2) is 4.88. The molecule has 1 aliphatic rings. The van der Waals surface area contributed by atoms with Gasteiger partial charge in [0.25, 0.3) is 5.69 Å². The van der Waals surface area contributed by atoms with E-state index >= 15 is 0 Å². The third kappa shape index (κ3) is 2.27. The molecule has 0 aromatic heterocycles. The molecular formula is C12H14F2N2O2. The number of nitrogens with zero attached hydrogens (tertiary/aromatic N) is 2. The standard InChI is InChI=1S/C12H14F2N2O2/c1-8-4-2-3-5-15(8)12-10(13)6-9(16(17)18)7-11(12)14/h6-8H,2-5H2,1H3. The Labute approximate surface area is 103 Å². The van der Waals surface area contributed by atoms with Gasteiger partial charge in [-0.25, -0.2) is 8.78 Å². The van der Waals surface area contributed by atoms with E-state index in [-0.39, 0.29) is 11.7 Å². The van der Waals surface area contributed by atoms with Crippen molar-refractivity contribution in [3.63, 3.8) is 0 Å². The molecule has 1 unspecified atom stereocenters. The summed E-state index contributed by atoms with van der Waals surface area (Å²) in [6.45, 7) is 2.48. The Kier molecular flexibility index (Phi) is 3.45. The summed E-state index contributed by atoms with van der Waals surface area (Å²) in [4.78, 5) is 11.4. The SMILES string of the molecule is CC1CCCCN1c1c(F)cc([N+](=O)[O-])cc1F. The largest absolute Gasteiger partial charge is 0.364 e. The number of non-ortho nitro benzene ring substituents is 1. The maximum Gasteiger partial charge on any atom is 0.275 e. The Morgan fingerprint density at radius 2 is 1.94 bits per heavy atom. The highest BCUT2D eigenvalue weighted by molar-refractivity contribution is 5.54. The van der Waals surface area contributed by atoms with E-state index < -0.39 is 22.2 Å². The van der Waals surface area contributed by atoms with Gasteiger partial charge in [-0.15, -0.1) is 0 Å². The Morgan fingerprint density at radius 1 is 1.33 bits per heavy atom. The summed E-state index contributed by atoms with van der Waals surface area (Å²) in [6, 6.07) is 1.60. The van der Waals surface area contributed by atoms with Gasteiger partial charge in [0.15, 0.2) is 11.6 Å². The number of benzene rings is 1. The summed E-state index contributed by atoms with van der Waals surface area (Å²) in [5.41, 5.74) is -0.703. The van der Waals surface area contributed by atoms with Crippen LogP contribution in [0.25, 0.3) is 0 Å². The Hall–Kier alpha value is -1.72. The van der Waals surface area contributed by atoms with Crippen molar-refractivity contribution in [1.82, 2.24) is 0 Å². The molecule has 1 atom stereocenters. The van der Waals surface area contributed by atoms with Gasteiger partial charge < -0.3 is 4.90 Å². The van der Waals surface area contributed by atoms with Crippen LogP contribution >= 0.6 is 0 Å². The summed E-state index contributed by atoms with van der Waals surface area (Å²) >= 11 is 0. The zero-order valence-corrected chi connectivity index (χ0v) is 10.0. The molecule has 1 aromatic rings. The fourth-order valence-electron chi connectivity index (χ4n) is 2.36. The van der Waals surface area contributed by atoms with E-state index in [0.29, 0.717) is 6.54 Å². The van der Waals surface area contributed by atoms with Crippen LogP contribution < -0.4 is 4.90 Å². The molecule has 0 radical (unpaired) electrons. The number of nitro groups is 1. The quantitative estimate of drug-likeness (QED) is 0.602. The number of anilines is 1. The molecule has 1 aromatic carbocycles. The van der Waals surface area contributed by atoms with Crippen LogP contribution in [0.1, 0.15) is 26.2 Å². The molecule has 0 bridgehead atoms. The minimum absolute atomic E-state index is 0.0456. The molecule has 0 aliphatic carbocycles. The summed E-state index contributed by atoms with van der Waals surface area (Å²) in [5, 5.41) is 10.5. The molecular weight excluding hydrogens is 242 g/mol. The molecule has 0 N–H and O–H groups in total. The zero-order chi connectivity index (χ0) is 13.3. The van der Waals surface area contributed by atoms with Crippen LogP contribution in [0.3, 0.4) is 0 Å². The van der Waals surface area contributed by atoms with Gasteiger partial charge >= 0.3 is 0 Å². The predicted octanol–water partition coefficient (Wildman–Crippen LogP) is 3.25. The van der Waals surface area contributed by atoms with Gasteiger partial charge in [0.1, 0.15) is 5.69 Å². The lowest BCUT2D eigenvalue weighted by molar-refractivity contribution is -0.385. The average molecular weight is 256 g/mol. The first-order valence-electron chi connectivity index (χ1n) is 5.91. The molecule has 98 valence electrons. The molecule has 0 spiro atoms. The highest BCUT2D eigenvalue weighted by Crippen LogP contribution is 2.32. The highest BCUT2D eigenvalue weighted by Gasteiger charge is 2.26. The molecule has 1 saturated heterocycles. The lowest BCUT2D eigenvalue weighted by atomic mass is 10.0. The Morgan fingerprint density at radius 3 is 2.44 bits per heavy atom. The molecule has 4 nitrogen and oxygen atoms in total. The fraction of sp³-hybridized carbons (Fsp3) is 0.500. The maximum absolute atomic E-state index is 13.8. The van der Waals surface area contributed by atoms with Gasteiger partial charge in [-0.2, -0.15) is 0 Å². The molecule has 0 saturated carbocycles. The van der Waals surface area contributed by atoms with Crippen molar-refractivity contribution >= 4 is 11.4 Å². The number of halogens is 2. The van der Waals surface area contributed by atoms with Crippen molar-refractivity contribution in [2.75, 3.05) is 11.4 Å². The first-order chi connectivity index (χ1) is 8.50. The monoisotopic (exact) mass is 256 g/mol. The van der Waals surface area contributed by atoms with E-state index in [1.807, 2.05) is 6.92 Å². The Bertz CT molecular complexity index is 456. The van der Waals surface area contributed by atoms with Gasteiger partial charge in [-0.05, 0) is 26.2 Å². The van der Waals surface area contributed by atoms with Crippen LogP contribution in [0.5, 0.6) is 0 Å². The van der Waals surface area contributed by atoms with Gasteiger partial charge in [-0.3, -0.25) is 10.1 Å². The van der Waals surface area contributed by atoms with Crippen LogP contribution in [0, 0.1) is 21.7 Å². The molecule has 1 heterocycles. The van der Waals surface area contributed by atoms with Gasteiger partial charge in [0, 0.05) is 12.6 Å². The van der Waals surface area contributed by atoms with Crippen molar-refractivity contribution in [3.05, 3.63) is 33.9 Å². The minimum Gasteiger partial charge on any atom is -0.364 e.